The summed E-state index contributed by atoms with van der Waals surface area (Å²) in [5.41, 5.74) is 1.80. The van der Waals surface area contributed by atoms with Gasteiger partial charge in [0, 0.05) is 28.3 Å². The van der Waals surface area contributed by atoms with Crippen LogP contribution in [0.2, 0.25) is 10.0 Å². The van der Waals surface area contributed by atoms with Crippen molar-refractivity contribution in [3.05, 3.63) is 64.1 Å². The minimum atomic E-state index is -3.20. The number of carbonyl (C=O) groups excluding carboxylic acids is 1. The third kappa shape index (κ3) is 4.06. The number of rotatable bonds is 4. The lowest BCUT2D eigenvalue weighted by molar-refractivity contribution is -0.123. The van der Waals surface area contributed by atoms with Gasteiger partial charge < -0.3 is 4.90 Å². The molecule has 2 saturated heterocycles. The average Bonchev–Trinajstić information content (AvgIpc) is 2.97. The highest BCUT2D eigenvalue weighted by atomic mass is 35.5. The van der Waals surface area contributed by atoms with E-state index in [1.807, 2.05) is 29.2 Å². The van der Waals surface area contributed by atoms with E-state index < -0.39 is 9.84 Å². The van der Waals surface area contributed by atoms with Crippen molar-refractivity contribution in [2.45, 2.75) is 18.5 Å². The summed E-state index contributed by atoms with van der Waals surface area (Å²) in [7, 11) is -3.20. The first-order valence-electron chi connectivity index (χ1n) is 9.09. The summed E-state index contributed by atoms with van der Waals surface area (Å²) < 4.78 is 24.8. The molecule has 2 heterocycles. The molecule has 2 aliphatic heterocycles. The molecule has 2 aliphatic rings. The molecule has 2 unspecified atom stereocenters. The van der Waals surface area contributed by atoms with E-state index in [1.165, 1.54) is 0 Å². The van der Waals surface area contributed by atoms with Crippen molar-refractivity contribution in [3.63, 3.8) is 0 Å². The number of benzene rings is 2. The molecule has 0 bridgehead atoms. The van der Waals surface area contributed by atoms with Gasteiger partial charge in [-0.15, -0.1) is 0 Å². The van der Waals surface area contributed by atoms with Gasteiger partial charge in [-0.25, -0.2) is 8.42 Å². The number of fused-ring (bicyclic) bond motifs is 1. The first-order chi connectivity index (χ1) is 13.3. The second-order valence-electron chi connectivity index (χ2n) is 7.30. The zero-order valence-electron chi connectivity index (χ0n) is 15.1. The van der Waals surface area contributed by atoms with Gasteiger partial charge in [0.2, 0.25) is 5.91 Å². The Labute approximate surface area is 174 Å². The maximum absolute atomic E-state index is 12.9. The van der Waals surface area contributed by atoms with Crippen molar-refractivity contribution in [2.75, 3.05) is 29.5 Å². The molecule has 2 aromatic carbocycles. The molecule has 2 atom stereocenters. The lowest BCUT2D eigenvalue weighted by Crippen LogP contribution is -2.62. The Morgan fingerprint density at radius 1 is 0.893 bits per heavy atom. The van der Waals surface area contributed by atoms with E-state index >= 15 is 0 Å². The summed E-state index contributed by atoms with van der Waals surface area (Å²) in [4.78, 5) is 16.6. The van der Waals surface area contributed by atoms with Gasteiger partial charge in [-0.3, -0.25) is 9.69 Å². The number of carbonyl (C=O) groups is 1. The van der Waals surface area contributed by atoms with Crippen LogP contribution in [0.4, 0.5) is 5.69 Å². The molecule has 0 aromatic heterocycles. The maximum Gasteiger partial charge on any atom is 0.241 e. The molecule has 1 amide bonds. The molecule has 8 heteroatoms. The molecule has 4 rings (SSSR count). The summed E-state index contributed by atoms with van der Waals surface area (Å²) in [5, 5.41) is 1.26. The first kappa shape index (κ1) is 19.7. The van der Waals surface area contributed by atoms with Crippen molar-refractivity contribution < 1.29 is 13.2 Å². The number of piperazine rings is 1. The zero-order valence-corrected chi connectivity index (χ0v) is 17.4. The van der Waals surface area contributed by atoms with E-state index in [-0.39, 0.29) is 36.0 Å². The lowest BCUT2D eigenvalue weighted by atomic mass is 10.0. The molecular formula is C20H20Cl2N2O3S. The Bertz CT molecular complexity index is 978. The van der Waals surface area contributed by atoms with Crippen LogP contribution in [0.15, 0.2) is 48.5 Å². The SMILES string of the molecule is O=C1CN(CCc2ccc(Cl)cc2)C2CS(=O)(=O)CC2N1c1ccc(Cl)cc1. The second kappa shape index (κ2) is 7.67. The van der Waals surface area contributed by atoms with Crippen LogP contribution in [0, 0.1) is 0 Å². The number of hydrogen-bond donors (Lipinski definition) is 0. The summed E-state index contributed by atoms with van der Waals surface area (Å²) in [5.74, 6) is -0.0177. The molecule has 0 radical (unpaired) electrons. The number of sulfone groups is 1. The van der Waals surface area contributed by atoms with Crippen LogP contribution < -0.4 is 4.90 Å². The second-order valence-corrected chi connectivity index (χ2v) is 10.3. The van der Waals surface area contributed by atoms with Crippen molar-refractivity contribution in [1.29, 1.82) is 0 Å². The molecule has 148 valence electrons. The topological polar surface area (TPSA) is 57.7 Å². The molecule has 0 saturated carbocycles. The van der Waals surface area contributed by atoms with Crippen LogP contribution in [0.5, 0.6) is 0 Å². The third-order valence-electron chi connectivity index (χ3n) is 5.41. The minimum absolute atomic E-state index is 0.0104. The Morgan fingerprint density at radius 3 is 2.11 bits per heavy atom. The highest BCUT2D eigenvalue weighted by molar-refractivity contribution is 7.91. The molecular weight excluding hydrogens is 419 g/mol. The fraction of sp³-hybridized carbons (Fsp3) is 0.350. The van der Waals surface area contributed by atoms with Crippen LogP contribution in [0.1, 0.15) is 5.56 Å². The van der Waals surface area contributed by atoms with Crippen molar-refractivity contribution in [2.24, 2.45) is 0 Å². The van der Waals surface area contributed by atoms with Crippen LogP contribution in [0.3, 0.4) is 0 Å². The van der Waals surface area contributed by atoms with Gasteiger partial charge in [0.25, 0.3) is 0 Å². The molecule has 0 spiro atoms. The summed E-state index contributed by atoms with van der Waals surface area (Å²) >= 11 is 11.9. The van der Waals surface area contributed by atoms with E-state index in [0.29, 0.717) is 22.3 Å². The summed E-state index contributed by atoms with van der Waals surface area (Å²) in [6.07, 6.45) is 0.731. The standard InChI is InChI=1S/C20H20Cl2N2O3S/c21-15-3-1-14(2-4-15)9-10-23-11-20(25)24(17-7-5-16(22)6-8-17)19-13-28(26,27)12-18(19)23/h1-8,18-19H,9-13H2. The van der Waals surface area contributed by atoms with Crippen LogP contribution in [0.25, 0.3) is 0 Å². The van der Waals surface area contributed by atoms with Gasteiger partial charge in [-0.2, -0.15) is 0 Å². The van der Waals surface area contributed by atoms with Gasteiger partial charge in [0.1, 0.15) is 0 Å². The summed E-state index contributed by atoms with van der Waals surface area (Å²) in [6.45, 7) is 0.825. The van der Waals surface area contributed by atoms with Crippen LogP contribution in [-0.2, 0) is 21.1 Å². The third-order valence-corrected chi connectivity index (χ3v) is 7.61. The van der Waals surface area contributed by atoms with E-state index in [2.05, 4.69) is 0 Å². The van der Waals surface area contributed by atoms with Gasteiger partial charge in [0.05, 0.1) is 24.1 Å². The van der Waals surface area contributed by atoms with Crippen molar-refractivity contribution in [3.8, 4) is 0 Å². The van der Waals surface area contributed by atoms with E-state index in [1.54, 1.807) is 29.2 Å². The van der Waals surface area contributed by atoms with Crippen molar-refractivity contribution in [1.82, 2.24) is 4.90 Å². The summed E-state index contributed by atoms with van der Waals surface area (Å²) in [6, 6.07) is 14.0. The van der Waals surface area contributed by atoms with E-state index in [4.69, 9.17) is 23.2 Å². The Hall–Kier alpha value is -1.60. The Morgan fingerprint density at radius 2 is 1.46 bits per heavy atom. The highest BCUT2D eigenvalue weighted by Gasteiger charge is 2.49. The largest absolute Gasteiger partial charge is 0.306 e. The number of hydrogen-bond acceptors (Lipinski definition) is 4. The van der Waals surface area contributed by atoms with Gasteiger partial charge in [-0.05, 0) is 48.4 Å². The number of nitrogens with zero attached hydrogens (tertiary/aromatic N) is 2. The smallest absolute Gasteiger partial charge is 0.241 e. The maximum atomic E-state index is 12.9. The monoisotopic (exact) mass is 438 g/mol. The zero-order chi connectivity index (χ0) is 19.9. The van der Waals surface area contributed by atoms with Gasteiger partial charge >= 0.3 is 0 Å². The molecule has 28 heavy (non-hydrogen) atoms. The van der Waals surface area contributed by atoms with Crippen molar-refractivity contribution >= 4 is 44.6 Å². The quantitative estimate of drug-likeness (QED) is 0.735. The molecule has 5 nitrogen and oxygen atoms in total. The highest BCUT2D eigenvalue weighted by Crippen LogP contribution is 2.32. The molecule has 0 aliphatic carbocycles. The van der Waals surface area contributed by atoms with Crippen LogP contribution >= 0.6 is 23.2 Å². The van der Waals surface area contributed by atoms with E-state index in [9.17, 15) is 13.2 Å². The van der Waals surface area contributed by atoms with Crippen LogP contribution in [-0.4, -0.2) is 55.9 Å². The predicted molar refractivity (Wildman–Crippen MR) is 112 cm³/mol. The minimum Gasteiger partial charge on any atom is -0.306 e. The van der Waals surface area contributed by atoms with E-state index in [0.717, 1.165) is 12.0 Å². The normalized spacial score (nSPS) is 24.4. The Balaban J connectivity index is 1.57. The van der Waals surface area contributed by atoms with Gasteiger partial charge in [-0.1, -0.05) is 35.3 Å². The fourth-order valence-corrected chi connectivity index (χ4v) is 6.30. The van der Waals surface area contributed by atoms with Gasteiger partial charge in [0.15, 0.2) is 9.84 Å². The molecule has 2 aromatic rings. The lowest BCUT2D eigenvalue weighted by Gasteiger charge is -2.43. The fourth-order valence-electron chi connectivity index (χ4n) is 4.06. The number of anilines is 1. The first-order valence-corrected chi connectivity index (χ1v) is 11.7. The molecule has 0 N–H and O–H groups in total. The number of amides is 1. The number of halogens is 2. The molecule has 2 fully saturated rings. The Kier molecular flexibility index (Phi) is 5.40. The average molecular weight is 439 g/mol. The predicted octanol–water partition coefficient (Wildman–Crippen LogP) is 3.05.